The standard InChI is InChI=1S/C15H16N6O2/c1-10-13(16-14(22)12-9-19(2)18-17-12)15(23)21(20(10)3)11-7-5-4-6-8-11/h4-9H,1-3H3,(H,16,22). The largest absolute Gasteiger partial charge is 0.314 e. The van der Waals surface area contributed by atoms with Gasteiger partial charge in [-0.25, -0.2) is 4.68 Å². The van der Waals surface area contributed by atoms with E-state index in [0.29, 0.717) is 5.69 Å². The van der Waals surface area contributed by atoms with Crippen LogP contribution in [0.2, 0.25) is 0 Å². The van der Waals surface area contributed by atoms with Gasteiger partial charge in [0.1, 0.15) is 5.69 Å². The van der Waals surface area contributed by atoms with Gasteiger partial charge in [-0.05, 0) is 19.1 Å². The number of hydrogen-bond acceptors (Lipinski definition) is 4. The first kappa shape index (κ1) is 14.8. The molecule has 0 saturated carbocycles. The van der Waals surface area contributed by atoms with Gasteiger partial charge >= 0.3 is 0 Å². The zero-order chi connectivity index (χ0) is 16.6. The normalized spacial score (nSPS) is 10.7. The highest BCUT2D eigenvalue weighted by molar-refractivity contribution is 6.02. The minimum atomic E-state index is -0.468. The third-order valence-electron chi connectivity index (χ3n) is 3.63. The van der Waals surface area contributed by atoms with Crippen molar-refractivity contribution in [2.75, 3.05) is 5.32 Å². The van der Waals surface area contributed by atoms with Gasteiger partial charge in [0.15, 0.2) is 5.69 Å². The molecule has 0 radical (unpaired) electrons. The van der Waals surface area contributed by atoms with Crippen LogP contribution in [0.5, 0.6) is 0 Å². The summed E-state index contributed by atoms with van der Waals surface area (Å²) in [5, 5.41) is 10.1. The Kier molecular flexibility index (Phi) is 3.57. The van der Waals surface area contributed by atoms with Gasteiger partial charge < -0.3 is 5.32 Å². The number of aryl methyl sites for hydroxylation is 1. The quantitative estimate of drug-likeness (QED) is 0.777. The second kappa shape index (κ2) is 5.56. The number of carbonyl (C=O) groups excluding carboxylic acids is 1. The van der Waals surface area contributed by atoms with Crippen LogP contribution in [0.4, 0.5) is 5.69 Å². The van der Waals surface area contributed by atoms with Crippen molar-refractivity contribution in [2.45, 2.75) is 6.92 Å². The minimum Gasteiger partial charge on any atom is -0.314 e. The summed E-state index contributed by atoms with van der Waals surface area (Å²) in [5.41, 5.74) is 1.46. The van der Waals surface area contributed by atoms with Crippen molar-refractivity contribution in [3.63, 3.8) is 0 Å². The maximum atomic E-state index is 12.7. The second-order valence-electron chi connectivity index (χ2n) is 5.17. The molecule has 23 heavy (non-hydrogen) atoms. The molecule has 0 saturated heterocycles. The number of nitrogens with one attached hydrogen (secondary N) is 1. The first-order chi connectivity index (χ1) is 11.0. The molecule has 2 heterocycles. The van der Waals surface area contributed by atoms with E-state index in [1.165, 1.54) is 15.6 Å². The monoisotopic (exact) mass is 312 g/mol. The molecule has 0 atom stereocenters. The van der Waals surface area contributed by atoms with Crippen molar-refractivity contribution in [1.29, 1.82) is 0 Å². The number of anilines is 1. The molecule has 1 N–H and O–H groups in total. The number of nitrogens with zero attached hydrogens (tertiary/aromatic N) is 5. The Bertz CT molecular complexity index is 919. The van der Waals surface area contributed by atoms with E-state index in [0.717, 1.165) is 5.69 Å². The van der Waals surface area contributed by atoms with E-state index in [2.05, 4.69) is 15.6 Å². The molecule has 0 fully saturated rings. The zero-order valence-electron chi connectivity index (χ0n) is 13.0. The molecule has 0 aliphatic rings. The third-order valence-corrected chi connectivity index (χ3v) is 3.63. The average Bonchev–Trinajstić information content (AvgIpc) is 3.06. The van der Waals surface area contributed by atoms with Crippen molar-refractivity contribution >= 4 is 11.6 Å². The van der Waals surface area contributed by atoms with E-state index < -0.39 is 5.91 Å². The van der Waals surface area contributed by atoms with Gasteiger partial charge in [0.25, 0.3) is 11.5 Å². The summed E-state index contributed by atoms with van der Waals surface area (Å²) < 4.78 is 4.63. The lowest BCUT2D eigenvalue weighted by atomic mass is 10.3. The first-order valence-corrected chi connectivity index (χ1v) is 7.00. The Labute approximate surface area is 131 Å². The number of carbonyl (C=O) groups is 1. The average molecular weight is 312 g/mol. The summed E-state index contributed by atoms with van der Waals surface area (Å²) in [6.07, 6.45) is 1.49. The molecule has 0 aliphatic heterocycles. The van der Waals surface area contributed by atoms with Crippen LogP contribution in [0, 0.1) is 6.92 Å². The summed E-state index contributed by atoms with van der Waals surface area (Å²) in [4.78, 5) is 24.9. The minimum absolute atomic E-state index is 0.154. The molecule has 0 spiro atoms. The highest BCUT2D eigenvalue weighted by Crippen LogP contribution is 2.14. The smallest absolute Gasteiger partial charge is 0.295 e. The fraction of sp³-hybridized carbons (Fsp3) is 0.200. The predicted octanol–water partition coefficient (Wildman–Crippen LogP) is 0.865. The first-order valence-electron chi connectivity index (χ1n) is 7.00. The van der Waals surface area contributed by atoms with Crippen LogP contribution in [0.25, 0.3) is 5.69 Å². The van der Waals surface area contributed by atoms with Gasteiger partial charge in [-0.3, -0.25) is 19.0 Å². The van der Waals surface area contributed by atoms with E-state index in [9.17, 15) is 9.59 Å². The van der Waals surface area contributed by atoms with Crippen LogP contribution < -0.4 is 10.9 Å². The van der Waals surface area contributed by atoms with E-state index in [4.69, 9.17) is 0 Å². The topological polar surface area (TPSA) is 86.7 Å². The van der Waals surface area contributed by atoms with Crippen molar-refractivity contribution in [3.05, 3.63) is 58.3 Å². The molecule has 1 amide bonds. The van der Waals surface area contributed by atoms with E-state index in [1.807, 2.05) is 30.3 Å². The van der Waals surface area contributed by atoms with Crippen LogP contribution >= 0.6 is 0 Å². The SMILES string of the molecule is Cc1c(NC(=O)c2cn(C)nn2)c(=O)n(-c2ccccc2)n1C. The van der Waals surface area contributed by atoms with Crippen LogP contribution in [0.1, 0.15) is 16.2 Å². The zero-order valence-corrected chi connectivity index (χ0v) is 13.0. The van der Waals surface area contributed by atoms with Crippen molar-refractivity contribution in [2.24, 2.45) is 14.1 Å². The van der Waals surface area contributed by atoms with Crippen LogP contribution in [0.15, 0.2) is 41.3 Å². The summed E-state index contributed by atoms with van der Waals surface area (Å²) in [7, 11) is 3.43. The molecular formula is C15H16N6O2. The maximum Gasteiger partial charge on any atom is 0.295 e. The Hall–Kier alpha value is -3.16. The summed E-state index contributed by atoms with van der Waals surface area (Å²) in [6.45, 7) is 1.77. The molecule has 2 aromatic heterocycles. The number of aromatic nitrogens is 5. The Morgan fingerprint density at radius 1 is 1.17 bits per heavy atom. The summed E-state index contributed by atoms with van der Waals surface area (Å²) >= 11 is 0. The fourth-order valence-electron chi connectivity index (χ4n) is 2.34. The highest BCUT2D eigenvalue weighted by atomic mass is 16.2. The molecule has 8 heteroatoms. The number of para-hydroxylation sites is 1. The number of rotatable bonds is 3. The van der Waals surface area contributed by atoms with Crippen LogP contribution in [0.3, 0.4) is 0 Å². The second-order valence-corrected chi connectivity index (χ2v) is 5.17. The van der Waals surface area contributed by atoms with Crippen LogP contribution in [-0.2, 0) is 14.1 Å². The molecule has 1 aromatic carbocycles. The van der Waals surface area contributed by atoms with Gasteiger partial charge in [0, 0.05) is 14.1 Å². The Morgan fingerprint density at radius 2 is 1.87 bits per heavy atom. The van der Waals surface area contributed by atoms with Crippen molar-refractivity contribution in [3.8, 4) is 5.69 Å². The van der Waals surface area contributed by atoms with E-state index in [1.54, 1.807) is 25.7 Å². The van der Waals surface area contributed by atoms with E-state index in [-0.39, 0.29) is 16.9 Å². The lowest BCUT2D eigenvalue weighted by Crippen LogP contribution is -2.23. The summed E-state index contributed by atoms with van der Waals surface area (Å²) in [5.74, 6) is -0.468. The lowest BCUT2D eigenvalue weighted by Gasteiger charge is -2.07. The molecule has 3 rings (SSSR count). The van der Waals surface area contributed by atoms with Crippen molar-refractivity contribution < 1.29 is 4.79 Å². The predicted molar refractivity (Wildman–Crippen MR) is 84.7 cm³/mol. The van der Waals surface area contributed by atoms with E-state index >= 15 is 0 Å². The molecular weight excluding hydrogens is 296 g/mol. The van der Waals surface area contributed by atoms with Crippen LogP contribution in [-0.4, -0.2) is 30.3 Å². The van der Waals surface area contributed by atoms with Gasteiger partial charge in [-0.15, -0.1) is 5.10 Å². The third kappa shape index (κ3) is 2.54. The number of amides is 1. The molecule has 0 aliphatic carbocycles. The number of hydrogen-bond donors (Lipinski definition) is 1. The molecule has 0 bridgehead atoms. The molecule has 118 valence electrons. The molecule has 8 nitrogen and oxygen atoms in total. The van der Waals surface area contributed by atoms with Crippen molar-refractivity contribution in [1.82, 2.24) is 24.4 Å². The lowest BCUT2D eigenvalue weighted by molar-refractivity contribution is 0.102. The molecule has 3 aromatic rings. The summed E-state index contributed by atoms with van der Waals surface area (Å²) in [6, 6.07) is 9.23. The van der Waals surface area contributed by atoms with Gasteiger partial charge in [-0.1, -0.05) is 23.4 Å². The van der Waals surface area contributed by atoms with Gasteiger partial charge in [-0.2, -0.15) is 0 Å². The Balaban J connectivity index is 2.01. The fourth-order valence-corrected chi connectivity index (χ4v) is 2.34. The van der Waals surface area contributed by atoms with Gasteiger partial charge in [0.2, 0.25) is 0 Å². The maximum absolute atomic E-state index is 12.7. The Morgan fingerprint density at radius 3 is 2.48 bits per heavy atom. The number of benzene rings is 1. The highest BCUT2D eigenvalue weighted by Gasteiger charge is 2.19. The molecule has 0 unspecified atom stereocenters. The van der Waals surface area contributed by atoms with Gasteiger partial charge in [0.05, 0.1) is 17.6 Å².